The van der Waals surface area contributed by atoms with E-state index in [1.165, 1.54) is 24.3 Å². The zero-order valence-corrected chi connectivity index (χ0v) is 14.0. The summed E-state index contributed by atoms with van der Waals surface area (Å²) in [5.74, 6) is -1.68. The van der Waals surface area contributed by atoms with Gasteiger partial charge in [0.05, 0.1) is 11.5 Å². The normalized spacial score (nSPS) is 11.2. The monoisotopic (exact) mass is 346 g/mol. The SMILES string of the molecule is CC(C)(C)c1ccc(C(=O)NCc2ccc(C(=O)O)o2)cc1[N+](=O)[O-]. The molecule has 1 amide bonds. The molecule has 8 heteroatoms. The Labute approximate surface area is 143 Å². The Bertz CT molecular complexity index is 832. The fraction of sp³-hybridized carbons (Fsp3) is 0.294. The summed E-state index contributed by atoms with van der Waals surface area (Å²) < 4.78 is 5.03. The van der Waals surface area contributed by atoms with Gasteiger partial charge in [-0.15, -0.1) is 0 Å². The number of carbonyl (C=O) groups is 2. The van der Waals surface area contributed by atoms with Crippen LogP contribution in [0.15, 0.2) is 34.7 Å². The third-order valence-corrected chi connectivity index (χ3v) is 3.56. The van der Waals surface area contributed by atoms with Crippen molar-refractivity contribution in [2.75, 3.05) is 0 Å². The van der Waals surface area contributed by atoms with Gasteiger partial charge >= 0.3 is 5.97 Å². The quantitative estimate of drug-likeness (QED) is 0.633. The smallest absolute Gasteiger partial charge is 0.371 e. The number of benzene rings is 1. The summed E-state index contributed by atoms with van der Waals surface area (Å²) in [6, 6.07) is 7.05. The Morgan fingerprint density at radius 2 is 1.92 bits per heavy atom. The second-order valence-corrected chi connectivity index (χ2v) is 6.49. The minimum atomic E-state index is -1.20. The molecule has 0 unspecified atom stereocenters. The van der Waals surface area contributed by atoms with Gasteiger partial charge < -0.3 is 14.8 Å². The first-order chi connectivity index (χ1) is 11.6. The van der Waals surface area contributed by atoms with Gasteiger partial charge in [-0.05, 0) is 23.6 Å². The molecule has 0 aliphatic heterocycles. The largest absolute Gasteiger partial charge is 0.475 e. The molecule has 132 valence electrons. The third kappa shape index (κ3) is 4.23. The average molecular weight is 346 g/mol. The molecule has 2 rings (SSSR count). The van der Waals surface area contributed by atoms with Crippen LogP contribution in [0.1, 0.15) is 53.0 Å². The summed E-state index contributed by atoms with van der Waals surface area (Å²) >= 11 is 0. The molecular formula is C17H18N2O6. The Morgan fingerprint density at radius 3 is 2.44 bits per heavy atom. The summed E-state index contributed by atoms with van der Waals surface area (Å²) in [5, 5.41) is 22.6. The van der Waals surface area contributed by atoms with Gasteiger partial charge in [0.2, 0.25) is 5.76 Å². The molecule has 0 spiro atoms. The molecule has 0 radical (unpaired) electrons. The number of rotatable bonds is 5. The van der Waals surface area contributed by atoms with Gasteiger partial charge in [0.1, 0.15) is 5.76 Å². The maximum Gasteiger partial charge on any atom is 0.371 e. The number of carboxylic acid groups (broad SMARTS) is 1. The predicted octanol–water partition coefficient (Wildman–Crippen LogP) is 3.11. The standard InChI is InChI=1S/C17H18N2O6/c1-17(2,3)12-6-4-10(8-13(12)19(23)24)15(20)18-9-11-5-7-14(25-11)16(21)22/h4-8H,9H2,1-3H3,(H,18,20)(H,21,22). The molecule has 0 saturated heterocycles. The van der Waals surface area contributed by atoms with Gasteiger partial charge in [0, 0.05) is 17.2 Å². The molecule has 0 saturated carbocycles. The van der Waals surface area contributed by atoms with Crippen LogP contribution < -0.4 is 5.32 Å². The van der Waals surface area contributed by atoms with Crippen molar-refractivity contribution in [1.29, 1.82) is 0 Å². The summed E-state index contributed by atoms with van der Waals surface area (Å²) in [6.07, 6.45) is 0. The minimum Gasteiger partial charge on any atom is -0.475 e. The number of nitrogens with zero attached hydrogens (tertiary/aromatic N) is 1. The number of nitrogens with one attached hydrogen (secondary N) is 1. The van der Waals surface area contributed by atoms with E-state index in [1.807, 2.05) is 20.8 Å². The van der Waals surface area contributed by atoms with Crippen LogP contribution in [0.3, 0.4) is 0 Å². The number of furan rings is 1. The zero-order chi connectivity index (χ0) is 18.8. The van der Waals surface area contributed by atoms with Gasteiger partial charge in [0.15, 0.2) is 0 Å². The van der Waals surface area contributed by atoms with Crippen LogP contribution in [-0.2, 0) is 12.0 Å². The minimum absolute atomic E-state index is 0.0269. The molecule has 25 heavy (non-hydrogen) atoms. The first kappa shape index (κ1) is 18.2. The van der Waals surface area contributed by atoms with Crippen LogP contribution in [0, 0.1) is 10.1 Å². The molecule has 1 aromatic heterocycles. The molecular weight excluding hydrogens is 328 g/mol. The highest BCUT2D eigenvalue weighted by atomic mass is 16.6. The highest BCUT2D eigenvalue weighted by Gasteiger charge is 2.26. The average Bonchev–Trinajstić information content (AvgIpc) is 3.00. The Hall–Kier alpha value is -3.16. The van der Waals surface area contributed by atoms with E-state index in [0.717, 1.165) is 0 Å². The summed E-state index contributed by atoms with van der Waals surface area (Å²) in [6.45, 7) is 5.53. The van der Waals surface area contributed by atoms with E-state index < -0.39 is 22.2 Å². The first-order valence-corrected chi connectivity index (χ1v) is 7.48. The fourth-order valence-electron chi connectivity index (χ4n) is 2.32. The Kier molecular flexibility index (Phi) is 4.92. The van der Waals surface area contributed by atoms with E-state index in [4.69, 9.17) is 9.52 Å². The molecule has 0 fully saturated rings. The Morgan fingerprint density at radius 1 is 1.24 bits per heavy atom. The zero-order valence-electron chi connectivity index (χ0n) is 14.0. The second kappa shape index (κ2) is 6.76. The third-order valence-electron chi connectivity index (χ3n) is 3.56. The van der Waals surface area contributed by atoms with Crippen molar-refractivity contribution < 1.29 is 24.0 Å². The number of amides is 1. The van der Waals surface area contributed by atoms with E-state index in [0.29, 0.717) is 5.56 Å². The van der Waals surface area contributed by atoms with E-state index in [9.17, 15) is 19.7 Å². The maximum atomic E-state index is 12.2. The molecule has 2 aromatic rings. The van der Waals surface area contributed by atoms with Crippen molar-refractivity contribution in [3.05, 3.63) is 63.1 Å². The molecule has 0 aliphatic rings. The van der Waals surface area contributed by atoms with Gasteiger partial charge in [-0.3, -0.25) is 14.9 Å². The van der Waals surface area contributed by atoms with Gasteiger partial charge in [-0.25, -0.2) is 4.79 Å². The van der Waals surface area contributed by atoms with Crippen LogP contribution in [0.25, 0.3) is 0 Å². The molecule has 2 N–H and O–H groups in total. The van der Waals surface area contributed by atoms with E-state index in [1.54, 1.807) is 6.07 Å². The highest BCUT2D eigenvalue weighted by Crippen LogP contribution is 2.31. The molecule has 1 aromatic carbocycles. The Balaban J connectivity index is 2.17. The molecule has 0 aliphatic carbocycles. The van der Waals surface area contributed by atoms with Gasteiger partial charge in [-0.1, -0.05) is 26.8 Å². The van der Waals surface area contributed by atoms with Crippen molar-refractivity contribution in [3.63, 3.8) is 0 Å². The van der Waals surface area contributed by atoms with Crippen LogP contribution >= 0.6 is 0 Å². The lowest BCUT2D eigenvalue weighted by Gasteiger charge is -2.19. The van der Waals surface area contributed by atoms with Crippen LogP contribution in [-0.4, -0.2) is 21.9 Å². The van der Waals surface area contributed by atoms with Crippen molar-refractivity contribution in [1.82, 2.24) is 5.32 Å². The molecule has 0 bridgehead atoms. The second-order valence-electron chi connectivity index (χ2n) is 6.49. The summed E-state index contributed by atoms with van der Waals surface area (Å²) in [4.78, 5) is 33.7. The number of nitro groups is 1. The topological polar surface area (TPSA) is 123 Å². The lowest BCUT2D eigenvalue weighted by atomic mass is 9.85. The van der Waals surface area contributed by atoms with Crippen LogP contribution in [0.5, 0.6) is 0 Å². The number of carbonyl (C=O) groups excluding carboxylic acids is 1. The first-order valence-electron chi connectivity index (χ1n) is 7.48. The number of carboxylic acids is 1. The van der Waals surface area contributed by atoms with E-state index in [-0.39, 0.29) is 29.3 Å². The lowest BCUT2D eigenvalue weighted by Crippen LogP contribution is -2.23. The molecule has 0 atom stereocenters. The van der Waals surface area contributed by atoms with Crippen LogP contribution in [0.4, 0.5) is 5.69 Å². The van der Waals surface area contributed by atoms with E-state index >= 15 is 0 Å². The number of hydrogen-bond acceptors (Lipinski definition) is 5. The highest BCUT2D eigenvalue weighted by molar-refractivity contribution is 5.95. The molecule has 1 heterocycles. The molecule has 8 nitrogen and oxygen atoms in total. The van der Waals surface area contributed by atoms with Gasteiger partial charge in [-0.2, -0.15) is 0 Å². The lowest BCUT2D eigenvalue weighted by molar-refractivity contribution is -0.386. The maximum absolute atomic E-state index is 12.2. The van der Waals surface area contributed by atoms with Crippen molar-refractivity contribution in [3.8, 4) is 0 Å². The fourth-order valence-corrected chi connectivity index (χ4v) is 2.32. The van der Waals surface area contributed by atoms with Crippen molar-refractivity contribution >= 4 is 17.6 Å². The number of hydrogen-bond donors (Lipinski definition) is 2. The predicted molar refractivity (Wildman–Crippen MR) is 88.6 cm³/mol. The van der Waals surface area contributed by atoms with E-state index in [2.05, 4.69) is 5.32 Å². The van der Waals surface area contributed by atoms with Crippen LogP contribution in [0.2, 0.25) is 0 Å². The summed E-state index contributed by atoms with van der Waals surface area (Å²) in [7, 11) is 0. The summed E-state index contributed by atoms with van der Waals surface area (Å²) in [5.41, 5.74) is 0.126. The van der Waals surface area contributed by atoms with Crippen molar-refractivity contribution in [2.45, 2.75) is 32.7 Å². The van der Waals surface area contributed by atoms with Crippen molar-refractivity contribution in [2.24, 2.45) is 0 Å². The number of aromatic carboxylic acids is 1. The number of nitro benzene ring substituents is 1. The van der Waals surface area contributed by atoms with Gasteiger partial charge in [0.25, 0.3) is 11.6 Å².